The van der Waals surface area contributed by atoms with Gasteiger partial charge in [-0.3, -0.25) is 0 Å². The van der Waals surface area contributed by atoms with E-state index in [0.717, 1.165) is 0 Å². The Morgan fingerprint density at radius 2 is 1.18 bits per heavy atom. The van der Waals surface area contributed by atoms with Crippen molar-refractivity contribution < 1.29 is 124 Å². The minimum absolute atomic E-state index is 0.0212. The third-order valence-electron chi connectivity index (χ3n) is 21.7. The molecule has 0 amide bonds. The highest BCUT2D eigenvalue weighted by atomic mass is 16.8. The summed E-state index contributed by atoms with van der Waals surface area (Å²) in [4.78, 5) is 40.3. The van der Waals surface area contributed by atoms with Gasteiger partial charge in [0.05, 0.1) is 38.1 Å². The van der Waals surface area contributed by atoms with E-state index in [-0.39, 0.29) is 29.4 Å². The van der Waals surface area contributed by atoms with E-state index in [4.69, 9.17) is 37.9 Å². The van der Waals surface area contributed by atoms with Crippen LogP contribution in [-0.2, 0) is 52.3 Å². The number of hydrogen-bond donors (Lipinski definition) is 14. The Hall–Kier alpha value is -3.13. The Balaban J connectivity index is 1.09. The number of carboxylic acid groups (broad SMARTS) is 1. The monoisotopic (exact) mass is 1170 g/mol. The smallest absolute Gasteiger partial charge is 0.336 e. The number of aliphatic hydroxyl groups excluding tert-OH is 11. The van der Waals surface area contributed by atoms with Gasteiger partial charge in [-0.2, -0.15) is 0 Å². The van der Waals surface area contributed by atoms with E-state index in [1.165, 1.54) is 46.8 Å². The predicted octanol–water partition coefficient (Wildman–Crippen LogP) is -1.10. The molecule has 25 nitrogen and oxygen atoms in total. The number of carbonyl (C=O) groups is 3. The Kier molecular flexibility index (Phi) is 17.8. The summed E-state index contributed by atoms with van der Waals surface area (Å²) in [6.45, 7) is 16.2. The van der Waals surface area contributed by atoms with Crippen LogP contribution in [0.3, 0.4) is 0 Å². The van der Waals surface area contributed by atoms with Crippen LogP contribution >= 0.6 is 0 Å². The van der Waals surface area contributed by atoms with Gasteiger partial charge in [0.15, 0.2) is 25.0 Å². The van der Waals surface area contributed by atoms with E-state index in [1.54, 1.807) is 6.92 Å². The number of fused-ring (bicyclic) bond motifs is 7. The molecule has 4 saturated carbocycles. The van der Waals surface area contributed by atoms with Gasteiger partial charge in [0.1, 0.15) is 66.5 Å². The normalized spacial score (nSPS) is 50.0. The SMILES string of the molecule is C/C=C(/C)C(=O)O[C@@]1(O)[C@]2(CO)[C@H](O)[C@H](O)[C@]3(C)C(=CC[C@@H]4[C@@]5(C)CC[C@H](O[C@@H]6O[C@H](C(=O)O)[C@@H](O)[C@H](O[C@@H]7O[C@@H](CO)[C@H](O)[C@H]7O[C@@H]7O[C@H](CO)[C@H](O)[C@H](O)[C@H]7O)[C@H]6O)C(C)(C)[C@@H]5CC[C@]43C)[C@@H]2CC(C)(C)[C@]1(O)OC(=O)/C(C)=C\C. The standard InChI is InChI=1S/C57H88O25/c1-12-24(3)45(71)81-56(73)50(5,6)20-27-26-14-15-31-52(9)18-17-32(51(7,8)30(52)16-19-53(31,10)54(26,11)42(67)43(68)55(27,23-60)57(56,74)82-46(72)25(4)13-2)77-48-38(66)39(37(65)40(79-48)44(69)70)78-49-41(34(62)29(22-59)76-49)80-47-36(64)35(63)33(61)28(21-58)75-47/h12-14,27-43,47-49,58-68,73-74H,15-23H2,1-11H3,(H,69,70)/b24-12-,25-13-/t27-,28+,29-,30-,31+,32-,33-,34-,35-,36+,37-,38+,39-,40-,41+,42-,43+,47-,48+,49-,52-,53+,54-,55-,56-,57-/m0/s1. The van der Waals surface area contributed by atoms with Crippen molar-refractivity contribution in [3.8, 4) is 0 Å². The van der Waals surface area contributed by atoms with Gasteiger partial charge in [-0.1, -0.05) is 72.3 Å². The molecule has 8 aliphatic rings. The van der Waals surface area contributed by atoms with Crippen LogP contribution in [0.4, 0.5) is 0 Å². The van der Waals surface area contributed by atoms with Gasteiger partial charge in [-0.25, -0.2) is 14.4 Å². The first kappa shape index (κ1) is 64.9. The van der Waals surface area contributed by atoms with Crippen molar-refractivity contribution in [3.63, 3.8) is 0 Å². The van der Waals surface area contributed by atoms with Crippen LogP contribution in [0, 0.1) is 50.2 Å². The van der Waals surface area contributed by atoms with Crippen molar-refractivity contribution >= 4 is 17.9 Å². The highest BCUT2D eigenvalue weighted by molar-refractivity contribution is 5.89. The van der Waals surface area contributed by atoms with Gasteiger partial charge < -0.3 is 109 Å². The Bertz CT molecular complexity index is 2500. The summed E-state index contributed by atoms with van der Waals surface area (Å²) >= 11 is 0. The minimum atomic E-state index is -3.40. The molecule has 82 heavy (non-hydrogen) atoms. The summed E-state index contributed by atoms with van der Waals surface area (Å²) in [5.41, 5.74) is -7.17. The molecule has 0 aromatic carbocycles. The van der Waals surface area contributed by atoms with Crippen LogP contribution in [0.1, 0.15) is 115 Å². The number of rotatable bonds is 14. The molecule has 3 aliphatic heterocycles. The maximum absolute atomic E-state index is 13.9. The van der Waals surface area contributed by atoms with Crippen LogP contribution in [-0.4, -0.2) is 225 Å². The van der Waals surface area contributed by atoms with Gasteiger partial charge in [-0.05, 0) is 100 Å². The molecule has 3 saturated heterocycles. The number of aliphatic hydroxyl groups is 13. The lowest BCUT2D eigenvalue weighted by Crippen LogP contribution is -2.85. The molecule has 466 valence electrons. The van der Waals surface area contributed by atoms with Crippen molar-refractivity contribution in [2.75, 3.05) is 19.8 Å². The zero-order valence-corrected chi connectivity index (χ0v) is 48.4. The second kappa shape index (κ2) is 22.5. The van der Waals surface area contributed by atoms with E-state index in [9.17, 15) is 85.9 Å². The van der Waals surface area contributed by atoms with Gasteiger partial charge in [0, 0.05) is 22.0 Å². The van der Waals surface area contributed by atoms with Crippen molar-refractivity contribution in [3.05, 3.63) is 34.9 Å². The third kappa shape index (κ3) is 9.32. The Morgan fingerprint density at radius 3 is 1.74 bits per heavy atom. The van der Waals surface area contributed by atoms with E-state index in [0.29, 0.717) is 37.7 Å². The second-order valence-electron chi connectivity index (χ2n) is 26.2. The molecule has 5 aliphatic carbocycles. The summed E-state index contributed by atoms with van der Waals surface area (Å²) in [6, 6.07) is 0. The number of carbonyl (C=O) groups excluding carboxylic acids is 2. The highest BCUT2D eigenvalue weighted by Gasteiger charge is 2.85. The van der Waals surface area contributed by atoms with Crippen LogP contribution in [0.25, 0.3) is 0 Å². The molecule has 0 bridgehead atoms. The molecule has 0 aromatic rings. The van der Waals surface area contributed by atoms with Gasteiger partial charge in [0.2, 0.25) is 0 Å². The molecular formula is C57H88O25. The Morgan fingerprint density at radius 1 is 0.634 bits per heavy atom. The quantitative estimate of drug-likeness (QED) is 0.0323. The summed E-state index contributed by atoms with van der Waals surface area (Å²) in [5.74, 6) is -12.0. The molecule has 7 fully saturated rings. The molecule has 25 heteroatoms. The molecule has 0 unspecified atom stereocenters. The van der Waals surface area contributed by atoms with E-state index < -0.39 is 192 Å². The first-order valence-electron chi connectivity index (χ1n) is 28.4. The first-order chi connectivity index (χ1) is 38.1. The maximum Gasteiger partial charge on any atom is 0.336 e. The third-order valence-corrected chi connectivity index (χ3v) is 21.7. The van der Waals surface area contributed by atoms with Crippen molar-refractivity contribution in [2.24, 2.45) is 50.2 Å². The lowest BCUT2D eigenvalue weighted by atomic mass is 9.32. The lowest BCUT2D eigenvalue weighted by Gasteiger charge is -2.74. The Labute approximate surface area is 476 Å². The minimum Gasteiger partial charge on any atom is -0.479 e. The number of ether oxygens (including phenoxy) is 8. The number of hydrogen-bond acceptors (Lipinski definition) is 24. The zero-order valence-electron chi connectivity index (χ0n) is 48.4. The largest absolute Gasteiger partial charge is 0.479 e. The summed E-state index contributed by atoms with van der Waals surface area (Å²) in [7, 11) is 0. The van der Waals surface area contributed by atoms with E-state index in [1.807, 2.05) is 26.8 Å². The summed E-state index contributed by atoms with van der Waals surface area (Å²) in [5, 5.41) is 160. The van der Waals surface area contributed by atoms with Gasteiger partial charge in [0.25, 0.3) is 11.6 Å². The topological polar surface area (TPSA) is 408 Å². The molecule has 0 aromatic heterocycles. The van der Waals surface area contributed by atoms with Gasteiger partial charge >= 0.3 is 17.9 Å². The lowest BCUT2D eigenvalue weighted by molar-refractivity contribution is -0.471. The van der Waals surface area contributed by atoms with Crippen molar-refractivity contribution in [1.82, 2.24) is 0 Å². The molecule has 8 rings (SSSR count). The van der Waals surface area contributed by atoms with Crippen LogP contribution in [0.5, 0.6) is 0 Å². The maximum atomic E-state index is 13.9. The second-order valence-corrected chi connectivity index (χ2v) is 26.2. The average molecular weight is 1170 g/mol. The molecule has 3 heterocycles. The van der Waals surface area contributed by atoms with Crippen LogP contribution in [0.2, 0.25) is 0 Å². The molecule has 0 radical (unpaired) electrons. The number of allylic oxidation sites excluding steroid dienone is 3. The zero-order chi connectivity index (χ0) is 61.2. The van der Waals surface area contributed by atoms with Crippen LogP contribution in [0.15, 0.2) is 34.9 Å². The number of carboxylic acids is 1. The number of aliphatic carboxylic acids is 1. The van der Waals surface area contributed by atoms with Crippen LogP contribution < -0.4 is 0 Å². The van der Waals surface area contributed by atoms with Crippen molar-refractivity contribution in [2.45, 2.75) is 231 Å². The van der Waals surface area contributed by atoms with E-state index >= 15 is 0 Å². The fourth-order valence-corrected chi connectivity index (χ4v) is 16.4. The van der Waals surface area contributed by atoms with Crippen molar-refractivity contribution in [1.29, 1.82) is 0 Å². The molecular weight excluding hydrogens is 1080 g/mol. The predicted molar refractivity (Wildman–Crippen MR) is 279 cm³/mol. The van der Waals surface area contributed by atoms with E-state index in [2.05, 4.69) is 13.8 Å². The average Bonchev–Trinajstić information content (AvgIpc) is 0.723. The molecule has 0 spiro atoms. The molecule has 26 atom stereocenters. The number of esters is 2. The molecule has 14 N–H and O–H groups in total. The highest BCUT2D eigenvalue weighted by Crippen LogP contribution is 2.77. The first-order valence-corrected chi connectivity index (χ1v) is 28.4. The van der Waals surface area contributed by atoms with Gasteiger partial charge in [-0.15, -0.1) is 0 Å². The summed E-state index contributed by atoms with van der Waals surface area (Å²) < 4.78 is 47.2. The summed E-state index contributed by atoms with van der Waals surface area (Å²) in [6.07, 6.45) is -23.5. The fourth-order valence-electron chi connectivity index (χ4n) is 16.4. The fraction of sp³-hybridized carbons (Fsp3) is 0.842.